The first-order chi connectivity index (χ1) is 13.0. The molecule has 1 N–H and O–H groups in total. The normalized spacial score (nSPS) is 11.9. The predicted molar refractivity (Wildman–Crippen MR) is 106 cm³/mol. The minimum atomic E-state index is -0.398. The van der Waals surface area contributed by atoms with Crippen LogP contribution in [0, 0.1) is 13.8 Å². The maximum absolute atomic E-state index is 12.6. The molecule has 8 heteroatoms. The van der Waals surface area contributed by atoms with E-state index in [0.717, 1.165) is 16.8 Å². The fourth-order valence-corrected chi connectivity index (χ4v) is 3.27. The van der Waals surface area contributed by atoms with E-state index in [0.29, 0.717) is 16.6 Å². The molecule has 0 aliphatic heterocycles. The number of rotatable bonds is 6. The van der Waals surface area contributed by atoms with Crippen LogP contribution in [0.5, 0.6) is 5.75 Å². The predicted octanol–water partition coefficient (Wildman–Crippen LogP) is 3.41. The summed E-state index contributed by atoms with van der Waals surface area (Å²) in [7, 11) is 1.58. The zero-order chi connectivity index (χ0) is 19.4. The highest BCUT2D eigenvalue weighted by Gasteiger charge is 2.20. The van der Waals surface area contributed by atoms with Gasteiger partial charge >= 0.3 is 0 Å². The lowest BCUT2D eigenvalue weighted by Gasteiger charge is -2.14. The zero-order valence-electron chi connectivity index (χ0n) is 15.6. The van der Waals surface area contributed by atoms with Crippen LogP contribution >= 0.6 is 11.8 Å². The summed E-state index contributed by atoms with van der Waals surface area (Å²) in [5, 5.41) is 14.9. The summed E-state index contributed by atoms with van der Waals surface area (Å²) in [5.41, 5.74) is 3.68. The average molecular weight is 383 g/mol. The summed E-state index contributed by atoms with van der Waals surface area (Å²) in [5.74, 6) is 0.470. The lowest BCUT2D eigenvalue weighted by molar-refractivity contribution is -0.115. The molecule has 0 saturated carbocycles. The number of thioether (sulfide) groups is 1. The molecule has 0 aliphatic carbocycles. The van der Waals surface area contributed by atoms with Gasteiger partial charge in [0.15, 0.2) is 0 Å². The van der Waals surface area contributed by atoms with Crippen molar-refractivity contribution >= 4 is 23.4 Å². The third kappa shape index (κ3) is 4.46. The molecule has 1 heterocycles. The number of aryl methyl sites for hydroxylation is 2. The van der Waals surface area contributed by atoms with Gasteiger partial charge < -0.3 is 10.1 Å². The number of anilines is 1. The second kappa shape index (κ2) is 8.22. The first-order valence-electron chi connectivity index (χ1n) is 8.45. The fraction of sp³-hybridized carbons (Fsp3) is 0.263. The Kier molecular flexibility index (Phi) is 5.75. The molecule has 0 bridgehead atoms. The molecule has 1 aromatic heterocycles. The topological polar surface area (TPSA) is 81.9 Å². The van der Waals surface area contributed by atoms with E-state index >= 15 is 0 Å². The lowest BCUT2D eigenvalue weighted by Crippen LogP contribution is -2.23. The third-order valence-electron chi connectivity index (χ3n) is 3.98. The van der Waals surface area contributed by atoms with Crippen molar-refractivity contribution in [2.45, 2.75) is 31.2 Å². The number of carbonyl (C=O) groups excluding carboxylic acids is 1. The number of nitrogens with zero attached hydrogens (tertiary/aromatic N) is 4. The van der Waals surface area contributed by atoms with Crippen LogP contribution in [0.4, 0.5) is 5.69 Å². The molecular formula is C19H21N5O2S. The van der Waals surface area contributed by atoms with E-state index in [1.54, 1.807) is 11.8 Å². The highest BCUT2D eigenvalue weighted by molar-refractivity contribution is 8.00. The molecular weight excluding hydrogens is 362 g/mol. The molecule has 7 nitrogen and oxygen atoms in total. The van der Waals surface area contributed by atoms with Gasteiger partial charge in [0.05, 0.1) is 23.7 Å². The molecule has 0 radical (unpaired) electrons. The van der Waals surface area contributed by atoms with Crippen LogP contribution in [0.25, 0.3) is 5.69 Å². The summed E-state index contributed by atoms with van der Waals surface area (Å²) in [6.45, 7) is 5.80. The second-order valence-electron chi connectivity index (χ2n) is 6.16. The van der Waals surface area contributed by atoms with Crippen molar-refractivity contribution in [2.24, 2.45) is 0 Å². The van der Waals surface area contributed by atoms with Crippen molar-refractivity contribution < 1.29 is 9.53 Å². The number of tetrazole rings is 1. The molecule has 0 saturated heterocycles. The maximum Gasteiger partial charge on any atom is 0.237 e. The van der Waals surface area contributed by atoms with Gasteiger partial charge in [0.1, 0.15) is 5.75 Å². The van der Waals surface area contributed by atoms with Gasteiger partial charge in [0, 0.05) is 0 Å². The Morgan fingerprint density at radius 3 is 2.56 bits per heavy atom. The zero-order valence-corrected chi connectivity index (χ0v) is 16.4. The minimum absolute atomic E-state index is 0.151. The van der Waals surface area contributed by atoms with Crippen molar-refractivity contribution in [1.29, 1.82) is 0 Å². The Morgan fingerprint density at radius 2 is 1.85 bits per heavy atom. The second-order valence-corrected chi connectivity index (χ2v) is 7.47. The van der Waals surface area contributed by atoms with Crippen molar-refractivity contribution in [2.75, 3.05) is 12.4 Å². The summed E-state index contributed by atoms with van der Waals surface area (Å²) < 4.78 is 6.94. The van der Waals surface area contributed by atoms with Gasteiger partial charge in [-0.15, -0.1) is 5.10 Å². The largest absolute Gasteiger partial charge is 0.495 e. The SMILES string of the molecule is COc1ccc(C)cc1NC(=O)C(C)Sc1nnnn1-c1ccc(C)cc1. The number of amides is 1. The van der Waals surface area contributed by atoms with Crippen LogP contribution in [0.1, 0.15) is 18.1 Å². The van der Waals surface area contributed by atoms with Crippen LogP contribution in [-0.4, -0.2) is 38.5 Å². The van der Waals surface area contributed by atoms with Gasteiger partial charge in [-0.1, -0.05) is 35.5 Å². The summed E-state index contributed by atoms with van der Waals surface area (Å²) >= 11 is 1.29. The first kappa shape index (κ1) is 18.9. The lowest BCUT2D eigenvalue weighted by atomic mass is 10.2. The molecule has 1 unspecified atom stereocenters. The standard InChI is InChI=1S/C19H21N5O2S/c1-12-5-8-15(9-6-12)24-19(21-22-23-24)27-14(3)18(25)20-16-11-13(2)7-10-17(16)26-4/h5-11,14H,1-4H3,(H,20,25). The summed E-state index contributed by atoms with van der Waals surface area (Å²) in [6, 6.07) is 13.5. The number of nitrogens with one attached hydrogen (secondary N) is 1. The Bertz CT molecular complexity index is 940. The van der Waals surface area contributed by atoms with Crippen molar-refractivity contribution in [3.05, 3.63) is 53.6 Å². The quantitative estimate of drug-likeness (QED) is 0.657. The van der Waals surface area contributed by atoms with Crippen LogP contribution in [0.2, 0.25) is 0 Å². The number of carbonyl (C=O) groups is 1. The molecule has 3 rings (SSSR count). The van der Waals surface area contributed by atoms with E-state index in [1.807, 2.05) is 63.2 Å². The highest BCUT2D eigenvalue weighted by Crippen LogP contribution is 2.28. The van der Waals surface area contributed by atoms with Gasteiger partial charge in [-0.05, 0) is 61.0 Å². The first-order valence-corrected chi connectivity index (χ1v) is 9.33. The molecule has 0 aliphatic rings. The molecule has 0 fully saturated rings. The van der Waals surface area contributed by atoms with E-state index in [9.17, 15) is 4.79 Å². The minimum Gasteiger partial charge on any atom is -0.495 e. The van der Waals surface area contributed by atoms with Crippen LogP contribution in [-0.2, 0) is 4.79 Å². The Hall–Kier alpha value is -2.87. The van der Waals surface area contributed by atoms with E-state index in [1.165, 1.54) is 11.8 Å². The smallest absolute Gasteiger partial charge is 0.237 e. The Morgan fingerprint density at radius 1 is 1.15 bits per heavy atom. The van der Waals surface area contributed by atoms with Crippen molar-refractivity contribution in [3.63, 3.8) is 0 Å². The molecule has 0 spiro atoms. The fourth-order valence-electron chi connectivity index (χ4n) is 2.47. The summed E-state index contributed by atoms with van der Waals surface area (Å²) in [6.07, 6.45) is 0. The molecule has 3 aromatic rings. The number of methoxy groups -OCH3 is 1. The maximum atomic E-state index is 12.6. The molecule has 1 atom stereocenters. The van der Waals surface area contributed by atoms with Gasteiger partial charge in [-0.25, -0.2) is 0 Å². The van der Waals surface area contributed by atoms with Gasteiger partial charge in [-0.2, -0.15) is 4.68 Å². The number of hydrogen-bond acceptors (Lipinski definition) is 6. The van der Waals surface area contributed by atoms with E-state index in [2.05, 4.69) is 20.8 Å². The Balaban J connectivity index is 1.74. The van der Waals surface area contributed by atoms with E-state index < -0.39 is 5.25 Å². The van der Waals surface area contributed by atoms with Crippen LogP contribution < -0.4 is 10.1 Å². The monoisotopic (exact) mass is 383 g/mol. The number of aromatic nitrogens is 4. The molecule has 27 heavy (non-hydrogen) atoms. The number of benzene rings is 2. The molecule has 1 amide bonds. The summed E-state index contributed by atoms with van der Waals surface area (Å²) in [4.78, 5) is 12.6. The number of ether oxygens (including phenoxy) is 1. The van der Waals surface area contributed by atoms with Crippen molar-refractivity contribution in [3.8, 4) is 11.4 Å². The number of hydrogen-bond donors (Lipinski definition) is 1. The highest BCUT2D eigenvalue weighted by atomic mass is 32.2. The van der Waals surface area contributed by atoms with Crippen molar-refractivity contribution in [1.82, 2.24) is 20.2 Å². The average Bonchev–Trinajstić information content (AvgIpc) is 3.10. The van der Waals surface area contributed by atoms with Gasteiger partial charge in [-0.3, -0.25) is 4.79 Å². The van der Waals surface area contributed by atoms with E-state index in [4.69, 9.17) is 4.74 Å². The third-order valence-corrected chi connectivity index (χ3v) is 5.02. The Labute approximate surface area is 162 Å². The van der Waals surface area contributed by atoms with Gasteiger partial charge in [0.25, 0.3) is 0 Å². The molecule has 140 valence electrons. The van der Waals surface area contributed by atoms with Crippen LogP contribution in [0.3, 0.4) is 0 Å². The van der Waals surface area contributed by atoms with Gasteiger partial charge in [0.2, 0.25) is 11.1 Å². The van der Waals surface area contributed by atoms with E-state index in [-0.39, 0.29) is 5.91 Å². The molecule has 2 aromatic carbocycles. The van der Waals surface area contributed by atoms with Crippen LogP contribution in [0.15, 0.2) is 47.6 Å².